The lowest BCUT2D eigenvalue weighted by Crippen LogP contribution is -2.23. The molecule has 0 heterocycles. The molecular formula is C8H14N2O4. The lowest BCUT2D eigenvalue weighted by molar-refractivity contribution is -0.142. The highest BCUT2D eigenvalue weighted by molar-refractivity contribution is 6.35. The van der Waals surface area contributed by atoms with Gasteiger partial charge in [0, 0.05) is 0 Å². The van der Waals surface area contributed by atoms with E-state index < -0.39 is 11.9 Å². The normalized spacial score (nSPS) is 10.6. The molecule has 0 aromatic heterocycles. The molecular weight excluding hydrogens is 188 g/mol. The van der Waals surface area contributed by atoms with Gasteiger partial charge in [-0.1, -0.05) is 0 Å². The maximum Gasteiger partial charge on any atom is 0.353 e. The van der Waals surface area contributed by atoms with Crippen molar-refractivity contribution in [2.45, 2.75) is 13.8 Å². The summed E-state index contributed by atoms with van der Waals surface area (Å²) in [6.45, 7) is 3.44. The summed E-state index contributed by atoms with van der Waals surface area (Å²) in [5.74, 6) is -0.963. The molecule has 0 rings (SSSR count). The van der Waals surface area contributed by atoms with Gasteiger partial charge in [-0.05, 0) is 13.8 Å². The first-order valence-electron chi connectivity index (χ1n) is 4.12. The molecule has 0 aromatic carbocycles. The fourth-order valence-electron chi connectivity index (χ4n) is 0.628. The Balaban J connectivity index is 3.81. The van der Waals surface area contributed by atoms with Crippen LogP contribution in [0.2, 0.25) is 0 Å². The van der Waals surface area contributed by atoms with Crippen molar-refractivity contribution in [2.75, 3.05) is 20.3 Å². The minimum Gasteiger partial charge on any atom is -0.465 e. The molecule has 0 saturated carbocycles. The van der Waals surface area contributed by atoms with Gasteiger partial charge in [-0.3, -0.25) is 10.2 Å². The molecule has 0 bridgehead atoms. The van der Waals surface area contributed by atoms with Gasteiger partial charge >= 0.3 is 11.9 Å². The van der Waals surface area contributed by atoms with Gasteiger partial charge in [0.25, 0.3) is 0 Å². The van der Waals surface area contributed by atoms with Crippen LogP contribution in [0, 0.1) is 0 Å². The van der Waals surface area contributed by atoms with Gasteiger partial charge in [0.2, 0.25) is 0 Å². The van der Waals surface area contributed by atoms with E-state index >= 15 is 0 Å². The fourth-order valence-corrected chi connectivity index (χ4v) is 0.628. The van der Waals surface area contributed by atoms with Crippen LogP contribution in [0.25, 0.3) is 0 Å². The lowest BCUT2D eigenvalue weighted by atomic mass is 10.4. The fraction of sp³-hybridized carbons (Fsp3) is 0.625. The van der Waals surface area contributed by atoms with Gasteiger partial charge in [0.05, 0.1) is 13.7 Å². The molecule has 1 N–H and O–H groups in total. The van der Waals surface area contributed by atoms with E-state index in [1.165, 1.54) is 14.0 Å². The average Bonchev–Trinajstić information content (AvgIpc) is 2.16. The number of nitrogens with zero attached hydrogens (tertiary/aromatic N) is 1. The van der Waals surface area contributed by atoms with E-state index in [1.54, 1.807) is 6.92 Å². The van der Waals surface area contributed by atoms with Crippen LogP contribution in [0.4, 0.5) is 0 Å². The van der Waals surface area contributed by atoms with Crippen LogP contribution < -0.4 is 5.43 Å². The Hall–Kier alpha value is -1.59. The molecule has 0 saturated heterocycles. The van der Waals surface area contributed by atoms with Crippen LogP contribution in [0.1, 0.15) is 13.8 Å². The summed E-state index contributed by atoms with van der Waals surface area (Å²) in [7, 11) is 1.26. The van der Waals surface area contributed by atoms with E-state index in [0.717, 1.165) is 0 Å². The zero-order valence-corrected chi connectivity index (χ0v) is 8.49. The largest absolute Gasteiger partial charge is 0.465 e. The third-order valence-corrected chi connectivity index (χ3v) is 1.26. The van der Waals surface area contributed by atoms with E-state index in [-0.39, 0.29) is 12.3 Å². The second kappa shape index (κ2) is 6.88. The summed E-state index contributed by atoms with van der Waals surface area (Å²) in [4.78, 5) is 21.6. The Morgan fingerprint density at radius 1 is 1.43 bits per heavy atom. The maximum atomic E-state index is 10.8. The Bertz CT molecular complexity index is 237. The Morgan fingerprint density at radius 3 is 2.57 bits per heavy atom. The highest BCUT2D eigenvalue weighted by atomic mass is 16.5. The van der Waals surface area contributed by atoms with Gasteiger partial charge in [0.15, 0.2) is 0 Å². The summed E-state index contributed by atoms with van der Waals surface area (Å²) in [6, 6.07) is 0. The number of nitrogens with one attached hydrogen (secondary N) is 1. The molecule has 0 unspecified atom stereocenters. The first-order chi connectivity index (χ1) is 6.61. The topological polar surface area (TPSA) is 77.0 Å². The highest BCUT2D eigenvalue weighted by Gasteiger charge is 2.05. The van der Waals surface area contributed by atoms with Crippen molar-refractivity contribution in [3.05, 3.63) is 0 Å². The van der Waals surface area contributed by atoms with Gasteiger partial charge in [-0.15, -0.1) is 0 Å². The van der Waals surface area contributed by atoms with E-state index in [4.69, 9.17) is 0 Å². The number of methoxy groups -OCH3 is 1. The minimum atomic E-state index is -0.540. The molecule has 0 spiro atoms. The second-order valence-electron chi connectivity index (χ2n) is 2.33. The molecule has 80 valence electrons. The number of hydrazone groups is 1. The third kappa shape index (κ3) is 5.13. The summed E-state index contributed by atoms with van der Waals surface area (Å²) < 4.78 is 9.01. The summed E-state index contributed by atoms with van der Waals surface area (Å²) in [6.07, 6.45) is 0. The number of hydrogen-bond acceptors (Lipinski definition) is 6. The van der Waals surface area contributed by atoms with Gasteiger partial charge in [-0.25, -0.2) is 4.79 Å². The number of carbonyl (C=O) groups excluding carboxylic acids is 2. The maximum absolute atomic E-state index is 10.8. The molecule has 14 heavy (non-hydrogen) atoms. The standard InChI is InChI=1S/C8H14N2O4/c1-4-14-7(11)5-9-10-6(2)8(12)13-3/h9H,4-5H2,1-3H3/b10-6-. The van der Waals surface area contributed by atoms with Crippen molar-refractivity contribution in [1.29, 1.82) is 0 Å². The number of esters is 2. The zero-order valence-electron chi connectivity index (χ0n) is 8.49. The van der Waals surface area contributed by atoms with Crippen molar-refractivity contribution in [2.24, 2.45) is 5.10 Å². The summed E-state index contributed by atoms with van der Waals surface area (Å²) in [5.41, 5.74) is 2.55. The molecule has 0 fully saturated rings. The zero-order chi connectivity index (χ0) is 11.0. The van der Waals surface area contributed by atoms with Gasteiger partial charge in [0.1, 0.15) is 12.3 Å². The Morgan fingerprint density at radius 2 is 2.07 bits per heavy atom. The predicted octanol–water partition coefficient (Wildman–Crippen LogP) is -0.312. The van der Waals surface area contributed by atoms with E-state index in [0.29, 0.717) is 6.61 Å². The molecule has 0 aliphatic heterocycles. The highest BCUT2D eigenvalue weighted by Crippen LogP contribution is 1.80. The summed E-state index contributed by atoms with van der Waals surface area (Å²) >= 11 is 0. The van der Waals surface area contributed by atoms with Gasteiger partial charge < -0.3 is 9.47 Å². The predicted molar refractivity (Wildman–Crippen MR) is 49.8 cm³/mol. The number of carbonyl (C=O) groups is 2. The average molecular weight is 202 g/mol. The SMILES string of the molecule is CCOC(=O)CN/N=C(/C)C(=O)OC. The molecule has 0 atom stereocenters. The Labute approximate surface area is 82.3 Å². The van der Waals surface area contributed by atoms with Crippen LogP contribution in [0.3, 0.4) is 0 Å². The molecule has 6 heteroatoms. The van der Waals surface area contributed by atoms with Crippen molar-refractivity contribution in [3.63, 3.8) is 0 Å². The van der Waals surface area contributed by atoms with Crippen molar-refractivity contribution >= 4 is 17.7 Å². The number of hydrogen-bond donors (Lipinski definition) is 1. The third-order valence-electron chi connectivity index (χ3n) is 1.26. The van der Waals surface area contributed by atoms with Crippen LogP contribution in [-0.2, 0) is 19.1 Å². The quantitative estimate of drug-likeness (QED) is 0.376. The monoisotopic (exact) mass is 202 g/mol. The van der Waals surface area contributed by atoms with Crippen molar-refractivity contribution < 1.29 is 19.1 Å². The first kappa shape index (κ1) is 12.4. The molecule has 0 aliphatic rings. The van der Waals surface area contributed by atoms with E-state index in [9.17, 15) is 9.59 Å². The van der Waals surface area contributed by atoms with Crippen LogP contribution in [0.5, 0.6) is 0 Å². The second-order valence-corrected chi connectivity index (χ2v) is 2.33. The van der Waals surface area contributed by atoms with Crippen LogP contribution in [0.15, 0.2) is 5.10 Å². The molecule has 0 amide bonds. The van der Waals surface area contributed by atoms with Crippen LogP contribution >= 0.6 is 0 Å². The molecule has 0 aromatic rings. The molecule has 6 nitrogen and oxygen atoms in total. The first-order valence-corrected chi connectivity index (χ1v) is 4.12. The van der Waals surface area contributed by atoms with E-state index in [2.05, 4.69) is 20.0 Å². The number of rotatable bonds is 5. The van der Waals surface area contributed by atoms with Crippen molar-refractivity contribution in [1.82, 2.24) is 5.43 Å². The lowest BCUT2D eigenvalue weighted by Gasteiger charge is -2.01. The van der Waals surface area contributed by atoms with Gasteiger partial charge in [-0.2, -0.15) is 5.10 Å². The smallest absolute Gasteiger partial charge is 0.353 e. The van der Waals surface area contributed by atoms with Crippen molar-refractivity contribution in [3.8, 4) is 0 Å². The molecule has 0 radical (unpaired) electrons. The Kier molecular flexibility index (Phi) is 6.09. The molecule has 0 aliphatic carbocycles. The van der Waals surface area contributed by atoms with E-state index in [1.807, 2.05) is 0 Å². The minimum absolute atomic E-state index is 0.0673. The number of ether oxygens (including phenoxy) is 2. The summed E-state index contributed by atoms with van der Waals surface area (Å²) in [5, 5.41) is 3.61. The van der Waals surface area contributed by atoms with Crippen LogP contribution in [-0.4, -0.2) is 37.9 Å².